The lowest BCUT2D eigenvalue weighted by Crippen LogP contribution is -2.35. The fourth-order valence-corrected chi connectivity index (χ4v) is 1.46. The van der Waals surface area contributed by atoms with Crippen molar-refractivity contribution in [3.05, 3.63) is 29.3 Å². The minimum absolute atomic E-state index is 0.174. The van der Waals surface area contributed by atoms with E-state index >= 15 is 0 Å². The summed E-state index contributed by atoms with van der Waals surface area (Å²) in [6, 6.07) is 4.82. The molecule has 0 aliphatic heterocycles. The molecule has 0 aliphatic carbocycles. The van der Waals surface area contributed by atoms with E-state index in [0.29, 0.717) is 21.7 Å². The van der Waals surface area contributed by atoms with Crippen molar-refractivity contribution in [3.8, 4) is 11.5 Å². The van der Waals surface area contributed by atoms with Crippen LogP contribution >= 0.6 is 15.9 Å². The number of carbonyl (C=O) groups is 2. The summed E-state index contributed by atoms with van der Waals surface area (Å²) in [6.07, 6.45) is 0. The van der Waals surface area contributed by atoms with Crippen LogP contribution in [0.4, 0.5) is 5.69 Å². The first-order chi connectivity index (χ1) is 9.46. The smallest absolute Gasteiger partial charge is 0.313 e. The molecule has 0 atom stereocenters. The maximum absolute atomic E-state index is 11.7. The van der Waals surface area contributed by atoms with Crippen molar-refractivity contribution in [2.75, 3.05) is 26.1 Å². The van der Waals surface area contributed by atoms with Crippen molar-refractivity contribution in [1.82, 2.24) is 5.32 Å². The van der Waals surface area contributed by atoms with E-state index in [1.165, 1.54) is 14.2 Å². The van der Waals surface area contributed by atoms with Gasteiger partial charge >= 0.3 is 11.8 Å². The van der Waals surface area contributed by atoms with Gasteiger partial charge in [-0.25, -0.2) is 0 Å². The van der Waals surface area contributed by atoms with Crippen molar-refractivity contribution in [3.63, 3.8) is 0 Å². The molecule has 0 aromatic heterocycles. The molecule has 0 fully saturated rings. The van der Waals surface area contributed by atoms with Crippen LogP contribution in [0.15, 0.2) is 29.3 Å². The van der Waals surface area contributed by atoms with Gasteiger partial charge in [0.25, 0.3) is 0 Å². The number of benzene rings is 1. The van der Waals surface area contributed by atoms with Crippen LogP contribution in [0.2, 0.25) is 0 Å². The highest BCUT2D eigenvalue weighted by atomic mass is 79.9. The Bertz CT molecular complexity index is 509. The van der Waals surface area contributed by atoms with E-state index in [1.807, 2.05) is 0 Å². The predicted octanol–water partition coefficient (Wildman–Crippen LogP) is 1.67. The highest BCUT2D eigenvalue weighted by molar-refractivity contribution is 9.11. The van der Waals surface area contributed by atoms with E-state index in [2.05, 4.69) is 33.1 Å². The Hall–Kier alpha value is -2.02. The van der Waals surface area contributed by atoms with Crippen molar-refractivity contribution >= 4 is 33.4 Å². The topological polar surface area (TPSA) is 76.7 Å². The second-order valence-corrected chi connectivity index (χ2v) is 4.88. The number of amides is 2. The van der Waals surface area contributed by atoms with Crippen LogP contribution < -0.4 is 20.1 Å². The van der Waals surface area contributed by atoms with Gasteiger partial charge in [0.15, 0.2) is 0 Å². The Morgan fingerprint density at radius 1 is 1.15 bits per heavy atom. The van der Waals surface area contributed by atoms with E-state index in [-0.39, 0.29) is 6.54 Å². The zero-order valence-electron chi connectivity index (χ0n) is 11.2. The molecule has 2 amide bonds. The number of rotatable bonds is 5. The fourth-order valence-electron chi connectivity index (χ4n) is 1.32. The lowest BCUT2D eigenvalue weighted by molar-refractivity contribution is -0.136. The number of hydrogen-bond acceptors (Lipinski definition) is 4. The van der Waals surface area contributed by atoms with Crippen LogP contribution in [0.25, 0.3) is 0 Å². The predicted molar refractivity (Wildman–Crippen MR) is 79.3 cm³/mol. The number of carbonyl (C=O) groups excluding carboxylic acids is 2. The third kappa shape index (κ3) is 4.93. The third-order valence-corrected chi connectivity index (χ3v) is 2.54. The minimum atomic E-state index is -0.783. The Morgan fingerprint density at radius 2 is 1.70 bits per heavy atom. The molecule has 0 spiro atoms. The van der Waals surface area contributed by atoms with Crippen molar-refractivity contribution < 1.29 is 19.1 Å². The van der Waals surface area contributed by atoms with Crippen LogP contribution in [0.5, 0.6) is 11.5 Å². The average Bonchev–Trinajstić information content (AvgIpc) is 2.43. The number of hydrogen-bond donors (Lipinski definition) is 2. The van der Waals surface area contributed by atoms with E-state index < -0.39 is 11.8 Å². The number of nitrogens with one attached hydrogen (secondary N) is 2. The first-order valence-electron chi connectivity index (χ1n) is 5.61. The van der Waals surface area contributed by atoms with Crippen molar-refractivity contribution in [2.45, 2.75) is 0 Å². The SMILES string of the molecule is C=C(Br)CNC(=O)C(=O)Nc1cc(OC)cc(OC)c1. The molecule has 6 nitrogen and oxygen atoms in total. The highest BCUT2D eigenvalue weighted by Crippen LogP contribution is 2.25. The van der Waals surface area contributed by atoms with Crippen molar-refractivity contribution in [2.24, 2.45) is 0 Å². The fraction of sp³-hybridized carbons (Fsp3) is 0.231. The Morgan fingerprint density at radius 3 is 2.15 bits per heavy atom. The van der Waals surface area contributed by atoms with Gasteiger partial charge in [0.05, 0.1) is 14.2 Å². The number of ether oxygens (including phenoxy) is 2. The van der Waals surface area contributed by atoms with Gasteiger partial charge in [-0.05, 0) is 0 Å². The molecule has 0 radical (unpaired) electrons. The van der Waals surface area contributed by atoms with Crippen LogP contribution in [-0.2, 0) is 9.59 Å². The van der Waals surface area contributed by atoms with E-state index in [9.17, 15) is 9.59 Å². The van der Waals surface area contributed by atoms with E-state index in [0.717, 1.165) is 0 Å². The monoisotopic (exact) mass is 342 g/mol. The average molecular weight is 343 g/mol. The van der Waals surface area contributed by atoms with Gasteiger partial charge in [-0.2, -0.15) is 0 Å². The first-order valence-corrected chi connectivity index (χ1v) is 6.41. The summed E-state index contributed by atoms with van der Waals surface area (Å²) in [4.78, 5) is 23.2. The summed E-state index contributed by atoms with van der Waals surface area (Å²) in [5.74, 6) is -0.524. The summed E-state index contributed by atoms with van der Waals surface area (Å²) in [5, 5.41) is 4.86. The van der Waals surface area contributed by atoms with Gasteiger partial charge in [0.2, 0.25) is 0 Å². The van der Waals surface area contributed by atoms with Gasteiger partial charge in [-0.15, -0.1) is 0 Å². The molecule has 0 bridgehead atoms. The summed E-state index contributed by atoms with van der Waals surface area (Å²) in [5.41, 5.74) is 0.402. The maximum Gasteiger partial charge on any atom is 0.313 e. The molecule has 108 valence electrons. The summed E-state index contributed by atoms with van der Waals surface area (Å²) < 4.78 is 10.7. The lowest BCUT2D eigenvalue weighted by atomic mass is 10.2. The molecular weight excluding hydrogens is 328 g/mol. The molecule has 20 heavy (non-hydrogen) atoms. The van der Waals surface area contributed by atoms with Crippen molar-refractivity contribution in [1.29, 1.82) is 0 Å². The standard InChI is InChI=1S/C13H15BrN2O4/c1-8(14)7-15-12(17)13(18)16-9-4-10(19-2)6-11(5-9)20-3/h4-6H,1,7H2,2-3H3,(H,15,17)(H,16,18). The van der Waals surface area contributed by atoms with Gasteiger partial charge in [0, 0.05) is 34.9 Å². The van der Waals surface area contributed by atoms with Crippen LogP contribution in [0, 0.1) is 0 Å². The molecule has 1 rings (SSSR count). The summed E-state index contributed by atoms with van der Waals surface area (Å²) >= 11 is 3.08. The Labute approximate surface area is 125 Å². The molecule has 0 saturated heterocycles. The van der Waals surface area contributed by atoms with Crippen LogP contribution in [0.3, 0.4) is 0 Å². The molecule has 0 heterocycles. The second-order valence-electron chi connectivity index (χ2n) is 3.76. The van der Waals surface area contributed by atoms with E-state index in [1.54, 1.807) is 18.2 Å². The zero-order chi connectivity index (χ0) is 15.1. The van der Waals surface area contributed by atoms with Crippen LogP contribution in [0.1, 0.15) is 0 Å². The molecule has 0 unspecified atom stereocenters. The Kier molecular flexibility index (Phi) is 6.05. The largest absolute Gasteiger partial charge is 0.497 e. The molecule has 1 aromatic rings. The van der Waals surface area contributed by atoms with Gasteiger partial charge in [0.1, 0.15) is 11.5 Å². The van der Waals surface area contributed by atoms with Gasteiger partial charge < -0.3 is 20.1 Å². The number of methoxy groups -OCH3 is 2. The Balaban J connectivity index is 2.74. The quantitative estimate of drug-likeness (QED) is 0.798. The molecule has 0 saturated carbocycles. The van der Waals surface area contributed by atoms with Crippen LogP contribution in [-0.4, -0.2) is 32.6 Å². The minimum Gasteiger partial charge on any atom is -0.497 e. The molecule has 7 heteroatoms. The van der Waals surface area contributed by atoms with Gasteiger partial charge in [-0.1, -0.05) is 22.5 Å². The lowest BCUT2D eigenvalue weighted by Gasteiger charge is -2.09. The summed E-state index contributed by atoms with van der Waals surface area (Å²) in [6.45, 7) is 3.73. The molecule has 1 aromatic carbocycles. The van der Waals surface area contributed by atoms with E-state index in [4.69, 9.17) is 9.47 Å². The molecular formula is C13H15BrN2O4. The normalized spacial score (nSPS) is 9.55. The highest BCUT2D eigenvalue weighted by Gasteiger charge is 2.14. The second kappa shape index (κ2) is 7.54. The van der Waals surface area contributed by atoms with Gasteiger partial charge in [-0.3, -0.25) is 9.59 Å². The maximum atomic E-state index is 11.7. The molecule has 0 aliphatic rings. The zero-order valence-corrected chi connectivity index (χ0v) is 12.7. The molecule has 2 N–H and O–H groups in total. The number of halogens is 1. The number of anilines is 1. The third-order valence-electron chi connectivity index (χ3n) is 2.26. The first kappa shape index (κ1) is 16.0. The summed E-state index contributed by atoms with van der Waals surface area (Å²) in [7, 11) is 2.99.